The molecule has 0 bridgehead atoms. The van der Waals surface area contributed by atoms with Crippen LogP contribution in [0.2, 0.25) is 0 Å². The summed E-state index contributed by atoms with van der Waals surface area (Å²) < 4.78 is 0. The van der Waals surface area contributed by atoms with Gasteiger partial charge in [0.15, 0.2) is 0 Å². The Morgan fingerprint density at radius 3 is 2.62 bits per heavy atom. The number of rotatable bonds is 1. The van der Waals surface area contributed by atoms with E-state index in [2.05, 4.69) is 48.3 Å². The lowest BCUT2D eigenvalue weighted by atomic mass is 9.97. The van der Waals surface area contributed by atoms with E-state index in [1.54, 1.807) is 0 Å². The van der Waals surface area contributed by atoms with Crippen LogP contribution in [-0.2, 0) is 6.42 Å². The van der Waals surface area contributed by atoms with Crippen LogP contribution < -0.4 is 0 Å². The van der Waals surface area contributed by atoms with Crippen molar-refractivity contribution in [3.8, 4) is 0 Å². The van der Waals surface area contributed by atoms with Gasteiger partial charge in [-0.3, -0.25) is 4.98 Å². The van der Waals surface area contributed by atoms with E-state index in [0.717, 1.165) is 6.42 Å². The Labute approximate surface area is 94.7 Å². The topological polar surface area (TPSA) is 12.9 Å². The molecule has 0 radical (unpaired) electrons. The van der Waals surface area contributed by atoms with E-state index in [4.69, 9.17) is 0 Å². The van der Waals surface area contributed by atoms with Gasteiger partial charge in [0.05, 0.1) is 0 Å². The minimum Gasteiger partial charge on any atom is -0.264 e. The molecule has 0 unspecified atom stereocenters. The van der Waals surface area contributed by atoms with E-state index >= 15 is 0 Å². The lowest BCUT2D eigenvalue weighted by molar-refractivity contribution is 1.16. The van der Waals surface area contributed by atoms with Gasteiger partial charge in [0.1, 0.15) is 0 Å². The van der Waals surface area contributed by atoms with Crippen molar-refractivity contribution in [2.45, 2.75) is 13.3 Å². The highest BCUT2D eigenvalue weighted by molar-refractivity contribution is 6.08. The molecule has 16 heavy (non-hydrogen) atoms. The summed E-state index contributed by atoms with van der Waals surface area (Å²) in [5.74, 6) is 0. The van der Waals surface area contributed by atoms with E-state index in [9.17, 15) is 0 Å². The molecule has 0 aliphatic heterocycles. The Morgan fingerprint density at radius 2 is 1.81 bits per heavy atom. The predicted molar refractivity (Wildman–Crippen MR) is 68.6 cm³/mol. The molecule has 78 valence electrons. The first kappa shape index (κ1) is 9.34. The summed E-state index contributed by atoms with van der Waals surface area (Å²) in [6.07, 6.45) is 4.88. The number of benzene rings is 2. The van der Waals surface area contributed by atoms with Gasteiger partial charge >= 0.3 is 0 Å². The monoisotopic (exact) mass is 207 g/mol. The maximum absolute atomic E-state index is 4.22. The average Bonchev–Trinajstić information content (AvgIpc) is 2.38. The van der Waals surface area contributed by atoms with Crippen molar-refractivity contribution in [2.75, 3.05) is 0 Å². The first-order chi connectivity index (χ1) is 7.90. The maximum atomic E-state index is 4.22. The second-order valence-corrected chi connectivity index (χ2v) is 4.03. The van der Waals surface area contributed by atoms with Crippen molar-refractivity contribution in [3.05, 3.63) is 54.4 Å². The predicted octanol–water partition coefficient (Wildman–Crippen LogP) is 3.95. The fourth-order valence-corrected chi connectivity index (χ4v) is 2.31. The molecule has 3 rings (SSSR count). The minimum absolute atomic E-state index is 1.07. The Hall–Kier alpha value is -1.89. The molecule has 0 saturated heterocycles. The van der Waals surface area contributed by atoms with Crippen LogP contribution in [0.15, 0.2) is 48.8 Å². The molecule has 0 spiro atoms. The molecule has 3 aromatic rings. The van der Waals surface area contributed by atoms with Crippen LogP contribution in [0.5, 0.6) is 0 Å². The van der Waals surface area contributed by atoms with Gasteiger partial charge < -0.3 is 0 Å². The Morgan fingerprint density at radius 1 is 1.00 bits per heavy atom. The van der Waals surface area contributed by atoms with Crippen LogP contribution in [0.1, 0.15) is 12.5 Å². The first-order valence-electron chi connectivity index (χ1n) is 5.64. The number of aryl methyl sites for hydroxylation is 1. The molecule has 0 N–H and O–H groups in total. The third-order valence-electron chi connectivity index (χ3n) is 3.13. The van der Waals surface area contributed by atoms with Crippen molar-refractivity contribution in [3.63, 3.8) is 0 Å². The number of hydrogen-bond acceptors (Lipinski definition) is 1. The van der Waals surface area contributed by atoms with Gasteiger partial charge in [0, 0.05) is 17.8 Å². The quantitative estimate of drug-likeness (QED) is 0.550. The average molecular weight is 207 g/mol. The first-order valence-corrected chi connectivity index (χ1v) is 5.64. The van der Waals surface area contributed by atoms with Gasteiger partial charge in [-0.1, -0.05) is 37.3 Å². The van der Waals surface area contributed by atoms with Gasteiger partial charge in [-0.15, -0.1) is 0 Å². The van der Waals surface area contributed by atoms with E-state index in [1.165, 1.54) is 27.1 Å². The highest BCUT2D eigenvalue weighted by Crippen LogP contribution is 2.28. The molecule has 0 aliphatic rings. The van der Waals surface area contributed by atoms with Crippen molar-refractivity contribution in [1.29, 1.82) is 0 Å². The van der Waals surface area contributed by atoms with Crippen molar-refractivity contribution in [2.24, 2.45) is 0 Å². The van der Waals surface area contributed by atoms with Gasteiger partial charge in [-0.25, -0.2) is 0 Å². The van der Waals surface area contributed by atoms with Gasteiger partial charge in [0.2, 0.25) is 0 Å². The van der Waals surface area contributed by atoms with Crippen molar-refractivity contribution < 1.29 is 0 Å². The summed E-state index contributed by atoms with van der Waals surface area (Å²) in [5, 5.41) is 5.19. The fraction of sp³-hybridized carbons (Fsp3) is 0.133. The number of hydrogen-bond donors (Lipinski definition) is 0. The zero-order chi connectivity index (χ0) is 11.0. The molecule has 0 aliphatic carbocycles. The second kappa shape index (κ2) is 3.60. The van der Waals surface area contributed by atoms with Crippen LogP contribution >= 0.6 is 0 Å². The van der Waals surface area contributed by atoms with Crippen LogP contribution in [0.4, 0.5) is 0 Å². The zero-order valence-electron chi connectivity index (χ0n) is 9.27. The maximum Gasteiger partial charge on any atom is 0.0352 e. The molecule has 1 nitrogen and oxygen atoms in total. The molecule has 0 atom stereocenters. The molecular formula is C15H13N. The van der Waals surface area contributed by atoms with Gasteiger partial charge in [-0.2, -0.15) is 0 Å². The Balaban J connectivity index is 2.57. The SMILES string of the molecule is CCc1cc2ccncc2c2ccccc12. The third kappa shape index (κ3) is 1.28. The largest absolute Gasteiger partial charge is 0.264 e. The molecule has 1 heterocycles. The van der Waals surface area contributed by atoms with Crippen LogP contribution in [0, 0.1) is 0 Å². The number of fused-ring (bicyclic) bond motifs is 3. The van der Waals surface area contributed by atoms with Gasteiger partial charge in [0.25, 0.3) is 0 Å². The minimum atomic E-state index is 1.07. The summed E-state index contributed by atoms with van der Waals surface area (Å²) in [6.45, 7) is 2.20. The zero-order valence-corrected chi connectivity index (χ0v) is 9.27. The van der Waals surface area contributed by atoms with Crippen molar-refractivity contribution in [1.82, 2.24) is 4.98 Å². The summed E-state index contributed by atoms with van der Waals surface area (Å²) in [6, 6.07) is 12.9. The smallest absolute Gasteiger partial charge is 0.0352 e. The lowest BCUT2D eigenvalue weighted by Gasteiger charge is -2.08. The van der Waals surface area contributed by atoms with E-state index in [0.29, 0.717) is 0 Å². The molecule has 0 fully saturated rings. The summed E-state index contributed by atoms with van der Waals surface area (Å²) in [5.41, 5.74) is 1.41. The van der Waals surface area contributed by atoms with Crippen LogP contribution in [0.3, 0.4) is 0 Å². The fourth-order valence-electron chi connectivity index (χ4n) is 2.31. The standard InChI is InChI=1S/C15H13N/c1-2-11-9-12-7-8-16-10-15(12)14-6-4-3-5-13(11)14/h3-10H,2H2,1H3. The summed E-state index contributed by atoms with van der Waals surface area (Å²) in [7, 11) is 0. The Kier molecular flexibility index (Phi) is 2.10. The lowest BCUT2D eigenvalue weighted by Crippen LogP contribution is -1.86. The Bertz CT molecular complexity index is 656. The third-order valence-corrected chi connectivity index (χ3v) is 3.13. The number of aromatic nitrogens is 1. The highest BCUT2D eigenvalue weighted by atomic mass is 14.6. The number of pyridine rings is 1. The molecule has 0 amide bonds. The van der Waals surface area contributed by atoms with Crippen LogP contribution in [0.25, 0.3) is 21.5 Å². The summed E-state index contributed by atoms with van der Waals surface area (Å²) >= 11 is 0. The number of nitrogens with zero attached hydrogens (tertiary/aromatic N) is 1. The molecule has 2 aromatic carbocycles. The van der Waals surface area contributed by atoms with Crippen molar-refractivity contribution >= 4 is 21.5 Å². The molecule has 1 heteroatoms. The van der Waals surface area contributed by atoms with E-state index in [-0.39, 0.29) is 0 Å². The molecule has 0 saturated carbocycles. The van der Waals surface area contributed by atoms with Crippen LogP contribution in [-0.4, -0.2) is 4.98 Å². The van der Waals surface area contributed by atoms with Gasteiger partial charge in [-0.05, 0) is 34.2 Å². The molecular weight excluding hydrogens is 194 g/mol. The van der Waals surface area contributed by atoms with E-state index < -0.39 is 0 Å². The molecule has 1 aromatic heterocycles. The summed E-state index contributed by atoms with van der Waals surface area (Å²) in [4.78, 5) is 4.22. The normalized spacial score (nSPS) is 11.1. The highest BCUT2D eigenvalue weighted by Gasteiger charge is 2.04. The van der Waals surface area contributed by atoms with E-state index in [1.807, 2.05) is 12.4 Å². The second-order valence-electron chi connectivity index (χ2n) is 4.03.